The Bertz CT molecular complexity index is 401. The van der Waals surface area contributed by atoms with Gasteiger partial charge in [0.2, 0.25) is 0 Å². The van der Waals surface area contributed by atoms with Crippen molar-refractivity contribution in [2.24, 2.45) is 0 Å². The van der Waals surface area contributed by atoms with Crippen molar-refractivity contribution in [2.75, 3.05) is 5.73 Å². The SMILES string of the molecule is Nc1cc2c(cn1)/C=C\C=C/C=C2. The van der Waals surface area contributed by atoms with E-state index in [2.05, 4.69) is 4.98 Å². The highest BCUT2D eigenvalue weighted by Crippen LogP contribution is 2.15. The minimum Gasteiger partial charge on any atom is -0.384 e. The molecule has 2 rings (SSSR count). The summed E-state index contributed by atoms with van der Waals surface area (Å²) < 4.78 is 0. The molecule has 0 spiro atoms. The standard InChI is InChI=1S/C11H10N2/c12-11-7-9-5-3-1-2-4-6-10(9)8-13-11/h1-8H,(H2,12,13)/b2-1-,3-1?,4-2?,5-3?,6-4-,9-5?,10-6?. The fraction of sp³-hybridized carbons (Fsp3) is 0. The fourth-order valence-corrected chi connectivity index (χ4v) is 1.23. The topological polar surface area (TPSA) is 38.9 Å². The molecule has 0 atom stereocenters. The van der Waals surface area contributed by atoms with Gasteiger partial charge in [0.05, 0.1) is 0 Å². The minimum atomic E-state index is 0.557. The van der Waals surface area contributed by atoms with Crippen molar-refractivity contribution in [1.82, 2.24) is 4.98 Å². The maximum absolute atomic E-state index is 5.58. The maximum Gasteiger partial charge on any atom is 0.123 e. The molecule has 0 saturated carbocycles. The lowest BCUT2D eigenvalue weighted by atomic mass is 10.1. The molecule has 1 aromatic rings. The molecular weight excluding hydrogens is 160 g/mol. The van der Waals surface area contributed by atoms with E-state index in [9.17, 15) is 0 Å². The highest BCUT2D eigenvalue weighted by Gasteiger charge is 1.97. The van der Waals surface area contributed by atoms with E-state index in [0.29, 0.717) is 5.82 Å². The first-order chi connectivity index (χ1) is 6.36. The molecule has 0 bridgehead atoms. The quantitative estimate of drug-likeness (QED) is 0.648. The van der Waals surface area contributed by atoms with Gasteiger partial charge in [-0.1, -0.05) is 36.5 Å². The third-order valence-corrected chi connectivity index (χ3v) is 1.87. The number of hydrogen-bond donors (Lipinski definition) is 1. The average molecular weight is 170 g/mol. The van der Waals surface area contributed by atoms with Crippen molar-refractivity contribution in [1.29, 1.82) is 0 Å². The predicted octanol–water partition coefficient (Wildman–Crippen LogP) is 2.26. The number of nitrogens with two attached hydrogens (primary N) is 1. The van der Waals surface area contributed by atoms with Gasteiger partial charge in [-0.05, 0) is 11.6 Å². The molecule has 2 N–H and O–H groups in total. The molecule has 1 aliphatic carbocycles. The summed E-state index contributed by atoms with van der Waals surface area (Å²) in [5.41, 5.74) is 7.78. The second-order valence-electron chi connectivity index (χ2n) is 2.84. The number of nitrogen functional groups attached to an aromatic ring is 1. The van der Waals surface area contributed by atoms with Crippen molar-refractivity contribution in [3.63, 3.8) is 0 Å². The van der Waals surface area contributed by atoms with Gasteiger partial charge >= 0.3 is 0 Å². The number of rotatable bonds is 0. The first-order valence-corrected chi connectivity index (χ1v) is 4.13. The Morgan fingerprint density at radius 2 is 1.62 bits per heavy atom. The van der Waals surface area contributed by atoms with Crippen LogP contribution in [0.1, 0.15) is 11.1 Å². The van der Waals surface area contributed by atoms with E-state index < -0.39 is 0 Å². The Labute approximate surface area is 77.1 Å². The normalized spacial score (nSPS) is 18.5. The summed E-state index contributed by atoms with van der Waals surface area (Å²) in [6.45, 7) is 0. The van der Waals surface area contributed by atoms with Gasteiger partial charge in [-0.2, -0.15) is 0 Å². The van der Waals surface area contributed by atoms with Gasteiger partial charge in [0.15, 0.2) is 0 Å². The van der Waals surface area contributed by atoms with Crippen molar-refractivity contribution >= 4 is 18.0 Å². The third kappa shape index (κ3) is 1.67. The van der Waals surface area contributed by atoms with Crippen molar-refractivity contribution in [3.8, 4) is 0 Å². The molecule has 13 heavy (non-hydrogen) atoms. The van der Waals surface area contributed by atoms with Crippen LogP contribution in [0.4, 0.5) is 5.82 Å². The van der Waals surface area contributed by atoms with E-state index in [4.69, 9.17) is 5.73 Å². The number of allylic oxidation sites excluding steroid dienone is 4. The molecule has 1 aliphatic rings. The zero-order valence-corrected chi connectivity index (χ0v) is 7.14. The Morgan fingerprint density at radius 1 is 0.923 bits per heavy atom. The van der Waals surface area contributed by atoms with Crippen molar-refractivity contribution in [3.05, 3.63) is 47.7 Å². The zero-order valence-electron chi connectivity index (χ0n) is 7.14. The van der Waals surface area contributed by atoms with E-state index in [1.54, 1.807) is 6.20 Å². The second-order valence-corrected chi connectivity index (χ2v) is 2.84. The second kappa shape index (κ2) is 3.27. The zero-order chi connectivity index (χ0) is 9.10. The molecule has 0 fully saturated rings. The summed E-state index contributed by atoms with van der Waals surface area (Å²) >= 11 is 0. The molecule has 2 heteroatoms. The van der Waals surface area contributed by atoms with E-state index in [0.717, 1.165) is 11.1 Å². The molecular formula is C11H10N2. The summed E-state index contributed by atoms with van der Waals surface area (Å²) in [4.78, 5) is 4.03. The van der Waals surface area contributed by atoms with Crippen LogP contribution in [0.5, 0.6) is 0 Å². The molecule has 1 aromatic heterocycles. The van der Waals surface area contributed by atoms with Crippen LogP contribution in [0.15, 0.2) is 36.6 Å². The van der Waals surface area contributed by atoms with Gasteiger partial charge < -0.3 is 5.73 Å². The van der Waals surface area contributed by atoms with Crippen LogP contribution in [0.3, 0.4) is 0 Å². The van der Waals surface area contributed by atoms with Crippen LogP contribution >= 0.6 is 0 Å². The summed E-state index contributed by atoms with van der Waals surface area (Å²) in [5, 5.41) is 0. The van der Waals surface area contributed by atoms with Crippen LogP contribution in [0, 0.1) is 0 Å². The summed E-state index contributed by atoms with van der Waals surface area (Å²) in [6, 6.07) is 1.87. The Balaban J connectivity index is 2.56. The lowest BCUT2D eigenvalue weighted by Gasteiger charge is -2.02. The van der Waals surface area contributed by atoms with Gasteiger partial charge in [0.1, 0.15) is 5.82 Å². The van der Waals surface area contributed by atoms with Crippen LogP contribution in [0.25, 0.3) is 12.2 Å². The summed E-state index contributed by atoms with van der Waals surface area (Å²) in [5.74, 6) is 0.557. The highest BCUT2D eigenvalue weighted by atomic mass is 14.8. The Morgan fingerprint density at radius 3 is 2.38 bits per heavy atom. The van der Waals surface area contributed by atoms with E-state index >= 15 is 0 Å². The van der Waals surface area contributed by atoms with E-state index in [-0.39, 0.29) is 0 Å². The number of nitrogens with zero attached hydrogens (tertiary/aromatic N) is 1. The van der Waals surface area contributed by atoms with Crippen LogP contribution < -0.4 is 5.73 Å². The molecule has 0 radical (unpaired) electrons. The third-order valence-electron chi connectivity index (χ3n) is 1.87. The molecule has 0 amide bonds. The van der Waals surface area contributed by atoms with Gasteiger partial charge in [0.25, 0.3) is 0 Å². The van der Waals surface area contributed by atoms with Gasteiger partial charge in [0, 0.05) is 11.8 Å². The van der Waals surface area contributed by atoms with Crippen LogP contribution in [-0.2, 0) is 0 Å². The molecule has 64 valence electrons. The minimum absolute atomic E-state index is 0.557. The van der Waals surface area contributed by atoms with E-state index in [1.165, 1.54) is 0 Å². The Hall–Kier alpha value is -1.83. The number of pyridine rings is 1. The molecule has 0 unspecified atom stereocenters. The van der Waals surface area contributed by atoms with Gasteiger partial charge in [-0.15, -0.1) is 0 Å². The first-order valence-electron chi connectivity index (χ1n) is 4.13. The highest BCUT2D eigenvalue weighted by molar-refractivity contribution is 5.68. The lowest BCUT2D eigenvalue weighted by Crippen LogP contribution is -1.92. The van der Waals surface area contributed by atoms with Gasteiger partial charge in [-0.3, -0.25) is 0 Å². The molecule has 0 saturated heterocycles. The monoisotopic (exact) mass is 170 g/mol. The Kier molecular flexibility index (Phi) is 1.96. The molecule has 0 aliphatic heterocycles. The van der Waals surface area contributed by atoms with Crippen molar-refractivity contribution < 1.29 is 0 Å². The number of hydrogen-bond acceptors (Lipinski definition) is 2. The molecule has 0 aromatic carbocycles. The lowest BCUT2D eigenvalue weighted by molar-refractivity contribution is 1.32. The fourth-order valence-electron chi connectivity index (χ4n) is 1.23. The number of anilines is 1. The summed E-state index contributed by atoms with van der Waals surface area (Å²) in [6.07, 6.45) is 13.8. The largest absolute Gasteiger partial charge is 0.384 e. The average Bonchev–Trinajstić information content (AvgIpc) is 2.08. The maximum atomic E-state index is 5.58. The number of aromatic nitrogens is 1. The molecule has 1 heterocycles. The van der Waals surface area contributed by atoms with Crippen LogP contribution in [-0.4, -0.2) is 4.98 Å². The predicted molar refractivity (Wildman–Crippen MR) is 55.9 cm³/mol. The van der Waals surface area contributed by atoms with Crippen molar-refractivity contribution in [2.45, 2.75) is 0 Å². The first kappa shape index (κ1) is 7.80. The van der Waals surface area contributed by atoms with Crippen LogP contribution in [0.2, 0.25) is 0 Å². The van der Waals surface area contributed by atoms with Gasteiger partial charge in [-0.25, -0.2) is 4.98 Å². The number of fused-ring (bicyclic) bond motifs is 1. The smallest absolute Gasteiger partial charge is 0.123 e. The van der Waals surface area contributed by atoms with E-state index in [1.807, 2.05) is 42.5 Å². The summed E-state index contributed by atoms with van der Waals surface area (Å²) in [7, 11) is 0. The molecule has 2 nitrogen and oxygen atoms in total.